The Hall–Kier alpha value is -1.06. The Morgan fingerprint density at radius 1 is 1.21 bits per heavy atom. The van der Waals surface area contributed by atoms with Gasteiger partial charge in [-0.3, -0.25) is 0 Å². The second-order valence-electron chi connectivity index (χ2n) is 5.47. The maximum absolute atomic E-state index is 5.86. The number of piperazine rings is 1. The summed E-state index contributed by atoms with van der Waals surface area (Å²) in [5.41, 5.74) is 1.34. The summed E-state index contributed by atoms with van der Waals surface area (Å²) in [4.78, 5) is 2.54. The first-order valence-electron chi connectivity index (χ1n) is 7.43. The predicted molar refractivity (Wildman–Crippen MR) is 79.8 cm³/mol. The van der Waals surface area contributed by atoms with Crippen LogP contribution in [0.25, 0.3) is 0 Å². The standard InChI is InChI=1S/C16H26N2O/c1-14(2)19-16-8-4-3-6-15(16)7-5-11-18-12-9-17-10-13-18/h3-4,6,8,14,17H,5,7,9-13H2,1-2H3. The van der Waals surface area contributed by atoms with E-state index >= 15 is 0 Å². The monoisotopic (exact) mass is 262 g/mol. The summed E-state index contributed by atoms with van der Waals surface area (Å²) in [6, 6.07) is 8.43. The lowest BCUT2D eigenvalue weighted by Crippen LogP contribution is -2.43. The summed E-state index contributed by atoms with van der Waals surface area (Å²) < 4.78 is 5.86. The van der Waals surface area contributed by atoms with Crippen molar-refractivity contribution in [2.45, 2.75) is 32.8 Å². The molecule has 0 atom stereocenters. The normalized spacial score (nSPS) is 16.8. The van der Waals surface area contributed by atoms with Crippen LogP contribution in [0.15, 0.2) is 24.3 Å². The molecule has 0 amide bonds. The minimum atomic E-state index is 0.245. The molecule has 0 aliphatic carbocycles. The number of nitrogens with zero attached hydrogens (tertiary/aromatic N) is 1. The lowest BCUT2D eigenvalue weighted by atomic mass is 10.1. The first-order chi connectivity index (χ1) is 9.25. The molecule has 1 aromatic rings. The molecular weight excluding hydrogens is 236 g/mol. The molecule has 1 heterocycles. The van der Waals surface area contributed by atoms with Crippen LogP contribution < -0.4 is 10.1 Å². The fourth-order valence-corrected chi connectivity index (χ4v) is 2.51. The number of ether oxygens (including phenoxy) is 1. The van der Waals surface area contributed by atoms with Crippen LogP contribution in [0.2, 0.25) is 0 Å². The molecule has 3 heteroatoms. The van der Waals surface area contributed by atoms with Crippen molar-refractivity contribution in [3.63, 3.8) is 0 Å². The maximum atomic E-state index is 5.86. The molecule has 0 spiro atoms. The lowest BCUT2D eigenvalue weighted by molar-refractivity contribution is 0.232. The van der Waals surface area contributed by atoms with Crippen LogP contribution in [-0.2, 0) is 6.42 Å². The van der Waals surface area contributed by atoms with Crippen molar-refractivity contribution < 1.29 is 4.74 Å². The van der Waals surface area contributed by atoms with E-state index in [1.165, 1.54) is 31.6 Å². The summed E-state index contributed by atoms with van der Waals surface area (Å²) >= 11 is 0. The van der Waals surface area contributed by atoms with Crippen molar-refractivity contribution in [1.82, 2.24) is 10.2 Å². The number of hydrogen-bond acceptors (Lipinski definition) is 3. The second kappa shape index (κ2) is 7.51. The minimum absolute atomic E-state index is 0.245. The Labute approximate surface area is 116 Å². The Balaban J connectivity index is 1.81. The molecule has 0 unspecified atom stereocenters. The average Bonchev–Trinajstić information content (AvgIpc) is 2.41. The highest BCUT2D eigenvalue weighted by Crippen LogP contribution is 2.20. The molecule has 0 bridgehead atoms. The van der Waals surface area contributed by atoms with Crippen molar-refractivity contribution in [2.24, 2.45) is 0 Å². The molecule has 3 nitrogen and oxygen atoms in total. The van der Waals surface area contributed by atoms with Crippen molar-refractivity contribution in [3.05, 3.63) is 29.8 Å². The number of benzene rings is 1. The molecule has 1 saturated heterocycles. The molecular formula is C16H26N2O. The van der Waals surface area contributed by atoms with Gasteiger partial charge in [-0.15, -0.1) is 0 Å². The third-order valence-corrected chi connectivity index (χ3v) is 3.47. The summed E-state index contributed by atoms with van der Waals surface area (Å²) in [7, 11) is 0. The van der Waals surface area contributed by atoms with Crippen LogP contribution in [0, 0.1) is 0 Å². The molecule has 1 N–H and O–H groups in total. The zero-order valence-electron chi connectivity index (χ0n) is 12.2. The SMILES string of the molecule is CC(C)Oc1ccccc1CCCN1CCNCC1. The van der Waals surface area contributed by atoms with Crippen molar-refractivity contribution >= 4 is 0 Å². The van der Waals surface area contributed by atoms with Crippen molar-refractivity contribution in [1.29, 1.82) is 0 Å². The van der Waals surface area contributed by atoms with E-state index in [4.69, 9.17) is 4.74 Å². The minimum Gasteiger partial charge on any atom is -0.491 e. The van der Waals surface area contributed by atoms with Gasteiger partial charge >= 0.3 is 0 Å². The third kappa shape index (κ3) is 4.84. The zero-order chi connectivity index (χ0) is 13.5. The molecule has 1 aliphatic rings. The number of nitrogens with one attached hydrogen (secondary N) is 1. The Kier molecular flexibility index (Phi) is 5.67. The van der Waals surface area contributed by atoms with Gasteiger partial charge in [0.1, 0.15) is 5.75 Å². The zero-order valence-corrected chi connectivity index (χ0v) is 12.2. The smallest absolute Gasteiger partial charge is 0.122 e. The second-order valence-corrected chi connectivity index (χ2v) is 5.47. The van der Waals surface area contributed by atoms with Crippen LogP contribution >= 0.6 is 0 Å². The summed E-state index contributed by atoms with van der Waals surface area (Å²) in [5, 5.41) is 3.39. The molecule has 19 heavy (non-hydrogen) atoms. The van der Waals surface area contributed by atoms with Crippen LogP contribution in [-0.4, -0.2) is 43.7 Å². The quantitative estimate of drug-likeness (QED) is 0.851. The van der Waals surface area contributed by atoms with Crippen molar-refractivity contribution in [2.75, 3.05) is 32.7 Å². The number of para-hydroxylation sites is 1. The molecule has 0 saturated carbocycles. The van der Waals surface area contributed by atoms with Gasteiger partial charge in [0.15, 0.2) is 0 Å². The van der Waals surface area contributed by atoms with Crippen molar-refractivity contribution in [3.8, 4) is 5.75 Å². The molecule has 1 aliphatic heterocycles. The van der Waals surface area contributed by atoms with Crippen LogP contribution in [0.4, 0.5) is 0 Å². The highest BCUT2D eigenvalue weighted by atomic mass is 16.5. The van der Waals surface area contributed by atoms with E-state index in [1.54, 1.807) is 0 Å². The van der Waals surface area contributed by atoms with Gasteiger partial charge in [-0.05, 0) is 44.9 Å². The van der Waals surface area contributed by atoms with Gasteiger partial charge < -0.3 is 15.0 Å². The molecule has 106 valence electrons. The van der Waals surface area contributed by atoms with E-state index in [0.717, 1.165) is 25.3 Å². The fourth-order valence-electron chi connectivity index (χ4n) is 2.51. The first kappa shape index (κ1) is 14.4. The summed E-state index contributed by atoms with van der Waals surface area (Å²) in [5.74, 6) is 1.05. The Bertz CT molecular complexity index is 373. The van der Waals surface area contributed by atoms with E-state index in [0.29, 0.717) is 0 Å². The van der Waals surface area contributed by atoms with E-state index in [9.17, 15) is 0 Å². The number of hydrogen-bond donors (Lipinski definition) is 1. The number of aryl methyl sites for hydroxylation is 1. The van der Waals surface area contributed by atoms with E-state index in [-0.39, 0.29) is 6.10 Å². The fraction of sp³-hybridized carbons (Fsp3) is 0.625. The molecule has 0 aromatic heterocycles. The highest BCUT2D eigenvalue weighted by molar-refractivity contribution is 5.33. The van der Waals surface area contributed by atoms with Crippen LogP contribution in [0.3, 0.4) is 0 Å². The van der Waals surface area contributed by atoms with E-state index in [1.807, 2.05) is 0 Å². The van der Waals surface area contributed by atoms with Gasteiger partial charge in [0.05, 0.1) is 6.10 Å². The van der Waals surface area contributed by atoms with Crippen LogP contribution in [0.5, 0.6) is 5.75 Å². The molecule has 2 rings (SSSR count). The third-order valence-electron chi connectivity index (χ3n) is 3.47. The van der Waals surface area contributed by atoms with E-state index < -0.39 is 0 Å². The van der Waals surface area contributed by atoms with Gasteiger partial charge in [0, 0.05) is 26.2 Å². The summed E-state index contributed by atoms with van der Waals surface area (Å²) in [6.45, 7) is 9.99. The van der Waals surface area contributed by atoms with Gasteiger partial charge in [0.2, 0.25) is 0 Å². The molecule has 1 fully saturated rings. The lowest BCUT2D eigenvalue weighted by Gasteiger charge is -2.27. The first-order valence-corrected chi connectivity index (χ1v) is 7.43. The summed E-state index contributed by atoms with van der Waals surface area (Å²) in [6.07, 6.45) is 2.56. The predicted octanol–water partition coefficient (Wildman–Crippen LogP) is 2.31. The molecule has 1 aromatic carbocycles. The topological polar surface area (TPSA) is 24.5 Å². The average molecular weight is 262 g/mol. The largest absolute Gasteiger partial charge is 0.491 e. The van der Waals surface area contributed by atoms with Gasteiger partial charge in [-0.25, -0.2) is 0 Å². The highest BCUT2D eigenvalue weighted by Gasteiger charge is 2.10. The Morgan fingerprint density at radius 3 is 2.68 bits per heavy atom. The number of rotatable bonds is 6. The Morgan fingerprint density at radius 2 is 1.95 bits per heavy atom. The van der Waals surface area contributed by atoms with Gasteiger partial charge in [-0.2, -0.15) is 0 Å². The van der Waals surface area contributed by atoms with Gasteiger partial charge in [-0.1, -0.05) is 18.2 Å². The molecule has 0 radical (unpaired) electrons. The van der Waals surface area contributed by atoms with Crippen LogP contribution in [0.1, 0.15) is 25.8 Å². The van der Waals surface area contributed by atoms with Gasteiger partial charge in [0.25, 0.3) is 0 Å². The van der Waals surface area contributed by atoms with E-state index in [2.05, 4.69) is 48.3 Å². The maximum Gasteiger partial charge on any atom is 0.122 e.